The van der Waals surface area contributed by atoms with Gasteiger partial charge in [0.15, 0.2) is 0 Å². The zero-order valence-electron chi connectivity index (χ0n) is 11.4. The van der Waals surface area contributed by atoms with E-state index in [1.54, 1.807) is 7.11 Å². The van der Waals surface area contributed by atoms with Crippen molar-refractivity contribution in [2.75, 3.05) is 7.11 Å². The minimum Gasteiger partial charge on any atom is -0.497 e. The molecule has 0 aliphatic heterocycles. The van der Waals surface area contributed by atoms with E-state index in [1.807, 2.05) is 12.1 Å². The van der Waals surface area contributed by atoms with Crippen molar-refractivity contribution in [3.63, 3.8) is 0 Å². The molecule has 3 aromatic rings. The molecule has 0 radical (unpaired) electrons. The van der Waals surface area contributed by atoms with Crippen LogP contribution in [0.5, 0.6) is 5.75 Å². The lowest BCUT2D eigenvalue weighted by atomic mass is 10.1. The number of benzene rings is 3. The van der Waals surface area contributed by atoms with E-state index in [0.29, 0.717) is 0 Å². The van der Waals surface area contributed by atoms with Crippen molar-refractivity contribution >= 4 is 22.9 Å². The van der Waals surface area contributed by atoms with Crippen LogP contribution in [0.2, 0.25) is 0 Å². The Morgan fingerprint density at radius 2 is 1.35 bits per heavy atom. The third-order valence-corrected chi connectivity index (χ3v) is 3.36. The predicted octanol–water partition coefficient (Wildman–Crippen LogP) is 5.02. The zero-order chi connectivity index (χ0) is 13.8. The van der Waals surface area contributed by atoms with Crippen molar-refractivity contribution in [2.24, 2.45) is 0 Å². The van der Waals surface area contributed by atoms with Gasteiger partial charge in [0.1, 0.15) is 5.75 Å². The second kappa shape index (κ2) is 5.62. The van der Waals surface area contributed by atoms with Crippen molar-refractivity contribution in [3.05, 3.63) is 77.9 Å². The molecule has 0 N–H and O–H groups in total. The van der Waals surface area contributed by atoms with Crippen LogP contribution >= 0.6 is 0 Å². The van der Waals surface area contributed by atoms with Crippen LogP contribution in [0, 0.1) is 0 Å². The van der Waals surface area contributed by atoms with Gasteiger partial charge in [-0.15, -0.1) is 0 Å². The summed E-state index contributed by atoms with van der Waals surface area (Å²) in [6.07, 6.45) is 4.25. The first-order valence-corrected chi connectivity index (χ1v) is 6.66. The Balaban J connectivity index is 1.85. The van der Waals surface area contributed by atoms with Crippen molar-refractivity contribution in [1.82, 2.24) is 0 Å². The van der Waals surface area contributed by atoms with E-state index >= 15 is 0 Å². The summed E-state index contributed by atoms with van der Waals surface area (Å²) in [5, 5.41) is 2.54. The molecule has 1 heteroatoms. The van der Waals surface area contributed by atoms with Crippen LogP contribution in [0.1, 0.15) is 11.1 Å². The van der Waals surface area contributed by atoms with E-state index in [4.69, 9.17) is 4.74 Å². The van der Waals surface area contributed by atoms with Crippen molar-refractivity contribution < 1.29 is 4.74 Å². The number of hydrogen-bond donors (Lipinski definition) is 0. The first-order chi connectivity index (χ1) is 9.85. The van der Waals surface area contributed by atoms with E-state index in [0.717, 1.165) is 5.75 Å². The molecular weight excluding hydrogens is 244 g/mol. The van der Waals surface area contributed by atoms with Gasteiger partial charge in [-0.1, -0.05) is 60.7 Å². The van der Waals surface area contributed by atoms with Crippen molar-refractivity contribution in [2.45, 2.75) is 0 Å². The highest BCUT2D eigenvalue weighted by Gasteiger charge is 1.94. The maximum atomic E-state index is 5.16. The standard InChI is InChI=1S/C19H16O/c1-20-19-12-9-15(10-13-19)6-7-16-8-11-17-4-2-3-5-18(17)14-16/h2-14H,1H3/b7-6+. The van der Waals surface area contributed by atoms with E-state index in [-0.39, 0.29) is 0 Å². The Hall–Kier alpha value is -2.54. The summed E-state index contributed by atoms with van der Waals surface area (Å²) in [4.78, 5) is 0. The molecule has 98 valence electrons. The molecule has 0 saturated carbocycles. The summed E-state index contributed by atoms with van der Waals surface area (Å²) >= 11 is 0. The molecule has 3 aromatic carbocycles. The van der Waals surface area contributed by atoms with Gasteiger partial charge in [0.2, 0.25) is 0 Å². The van der Waals surface area contributed by atoms with Crippen molar-refractivity contribution in [3.8, 4) is 5.75 Å². The maximum absolute atomic E-state index is 5.16. The lowest BCUT2D eigenvalue weighted by Crippen LogP contribution is -1.81. The van der Waals surface area contributed by atoms with Gasteiger partial charge in [-0.25, -0.2) is 0 Å². The third-order valence-electron chi connectivity index (χ3n) is 3.36. The molecule has 0 aliphatic rings. The fraction of sp³-hybridized carbons (Fsp3) is 0.0526. The van der Waals surface area contributed by atoms with Crippen LogP contribution in [-0.4, -0.2) is 7.11 Å². The Labute approximate surface area is 119 Å². The highest BCUT2D eigenvalue weighted by Crippen LogP contribution is 2.18. The smallest absolute Gasteiger partial charge is 0.118 e. The summed E-state index contributed by atoms with van der Waals surface area (Å²) in [5.74, 6) is 0.882. The average molecular weight is 260 g/mol. The summed E-state index contributed by atoms with van der Waals surface area (Å²) in [7, 11) is 1.68. The second-order valence-corrected chi connectivity index (χ2v) is 4.71. The number of fused-ring (bicyclic) bond motifs is 1. The summed E-state index contributed by atoms with van der Waals surface area (Å²) < 4.78 is 5.16. The lowest BCUT2D eigenvalue weighted by molar-refractivity contribution is 0.415. The van der Waals surface area contributed by atoms with E-state index in [2.05, 4.69) is 66.7 Å². The molecular formula is C19H16O. The molecule has 0 atom stereocenters. The normalized spacial score (nSPS) is 11.1. The highest BCUT2D eigenvalue weighted by atomic mass is 16.5. The van der Waals surface area contributed by atoms with E-state index in [9.17, 15) is 0 Å². The molecule has 0 bridgehead atoms. The van der Waals surface area contributed by atoms with Gasteiger partial charge in [0.25, 0.3) is 0 Å². The first-order valence-electron chi connectivity index (χ1n) is 6.66. The van der Waals surface area contributed by atoms with Gasteiger partial charge < -0.3 is 4.74 Å². The predicted molar refractivity (Wildman–Crippen MR) is 85.9 cm³/mol. The molecule has 0 aromatic heterocycles. The molecule has 20 heavy (non-hydrogen) atoms. The SMILES string of the molecule is COc1ccc(/C=C/c2ccc3ccccc3c2)cc1. The lowest BCUT2D eigenvalue weighted by Gasteiger charge is -2.00. The van der Waals surface area contributed by atoms with Crippen LogP contribution < -0.4 is 4.74 Å². The Morgan fingerprint density at radius 3 is 2.10 bits per heavy atom. The number of ether oxygens (including phenoxy) is 1. The zero-order valence-corrected chi connectivity index (χ0v) is 11.4. The van der Waals surface area contributed by atoms with Crippen LogP contribution in [0.25, 0.3) is 22.9 Å². The minimum atomic E-state index is 0.882. The first kappa shape index (κ1) is 12.5. The molecule has 1 nitrogen and oxygen atoms in total. The fourth-order valence-corrected chi connectivity index (χ4v) is 2.22. The Kier molecular flexibility index (Phi) is 3.51. The van der Waals surface area contributed by atoms with Gasteiger partial charge in [-0.2, -0.15) is 0 Å². The van der Waals surface area contributed by atoms with Crippen LogP contribution in [-0.2, 0) is 0 Å². The van der Waals surface area contributed by atoms with Crippen LogP contribution in [0.15, 0.2) is 66.7 Å². The van der Waals surface area contributed by atoms with Gasteiger partial charge in [0, 0.05) is 0 Å². The number of rotatable bonds is 3. The molecule has 0 fully saturated rings. The highest BCUT2D eigenvalue weighted by molar-refractivity contribution is 5.85. The molecule has 0 spiro atoms. The fourth-order valence-electron chi connectivity index (χ4n) is 2.22. The van der Waals surface area contributed by atoms with Gasteiger partial charge in [-0.3, -0.25) is 0 Å². The Bertz CT molecular complexity index is 739. The molecule has 0 unspecified atom stereocenters. The topological polar surface area (TPSA) is 9.23 Å². The summed E-state index contributed by atoms with van der Waals surface area (Å²) in [6.45, 7) is 0. The molecule has 0 aliphatic carbocycles. The maximum Gasteiger partial charge on any atom is 0.118 e. The van der Waals surface area contributed by atoms with Crippen LogP contribution in [0.3, 0.4) is 0 Å². The summed E-state index contributed by atoms with van der Waals surface area (Å²) in [6, 6.07) is 23.0. The van der Waals surface area contributed by atoms with Gasteiger partial charge in [-0.05, 0) is 40.1 Å². The van der Waals surface area contributed by atoms with E-state index < -0.39 is 0 Å². The molecule has 0 heterocycles. The molecule has 0 saturated heterocycles. The number of methoxy groups -OCH3 is 1. The van der Waals surface area contributed by atoms with Crippen LogP contribution in [0.4, 0.5) is 0 Å². The molecule has 3 rings (SSSR count). The molecule has 0 amide bonds. The largest absolute Gasteiger partial charge is 0.497 e. The van der Waals surface area contributed by atoms with Gasteiger partial charge in [0.05, 0.1) is 7.11 Å². The van der Waals surface area contributed by atoms with Gasteiger partial charge >= 0.3 is 0 Å². The van der Waals surface area contributed by atoms with Crippen molar-refractivity contribution in [1.29, 1.82) is 0 Å². The monoisotopic (exact) mass is 260 g/mol. The third kappa shape index (κ3) is 2.72. The number of hydrogen-bond acceptors (Lipinski definition) is 1. The minimum absolute atomic E-state index is 0.882. The average Bonchev–Trinajstić information content (AvgIpc) is 2.53. The quantitative estimate of drug-likeness (QED) is 0.601. The van der Waals surface area contributed by atoms with E-state index in [1.165, 1.54) is 21.9 Å². The Morgan fingerprint density at radius 1 is 0.700 bits per heavy atom. The second-order valence-electron chi connectivity index (χ2n) is 4.71. The summed E-state index contributed by atoms with van der Waals surface area (Å²) in [5.41, 5.74) is 2.37.